The number of benzene rings is 1. The molecule has 2 N–H and O–H groups in total. The second-order valence-corrected chi connectivity index (χ2v) is 5.16. The Kier molecular flexibility index (Phi) is 4.59. The van der Waals surface area contributed by atoms with Crippen molar-refractivity contribution >= 4 is 11.9 Å². The number of amides is 1. The molecule has 2 rings (SSSR count). The van der Waals surface area contributed by atoms with Gasteiger partial charge in [-0.15, -0.1) is 0 Å². The first-order chi connectivity index (χ1) is 10.0. The van der Waals surface area contributed by atoms with Gasteiger partial charge in [0, 0.05) is 11.5 Å². The number of aliphatic carboxylic acids is 1. The molecule has 5 heteroatoms. The second-order valence-electron chi connectivity index (χ2n) is 5.16. The fourth-order valence-electron chi connectivity index (χ4n) is 2.46. The summed E-state index contributed by atoms with van der Waals surface area (Å²) in [5, 5.41) is 11.9. The summed E-state index contributed by atoms with van der Waals surface area (Å²) in [6.45, 7) is 0. The van der Waals surface area contributed by atoms with E-state index in [2.05, 4.69) is 17.2 Å². The van der Waals surface area contributed by atoms with Crippen LogP contribution in [0.3, 0.4) is 0 Å². The lowest BCUT2D eigenvalue weighted by Crippen LogP contribution is -2.55. The Bertz CT molecular complexity index is 592. The number of nitrogens with one attached hydrogen (secondary N) is 1. The predicted molar refractivity (Wildman–Crippen MR) is 74.9 cm³/mol. The van der Waals surface area contributed by atoms with E-state index >= 15 is 0 Å². The van der Waals surface area contributed by atoms with E-state index in [1.807, 2.05) is 0 Å². The third-order valence-corrected chi connectivity index (χ3v) is 3.63. The van der Waals surface area contributed by atoms with Gasteiger partial charge in [0.15, 0.2) is 0 Å². The van der Waals surface area contributed by atoms with Gasteiger partial charge in [0.25, 0.3) is 5.91 Å². The Morgan fingerprint density at radius 3 is 2.33 bits per heavy atom. The van der Waals surface area contributed by atoms with Gasteiger partial charge in [0.05, 0.1) is 0 Å². The lowest BCUT2D eigenvalue weighted by molar-refractivity contribution is -0.148. The summed E-state index contributed by atoms with van der Waals surface area (Å²) in [5.41, 5.74) is -0.702. The van der Waals surface area contributed by atoms with Crippen molar-refractivity contribution in [3.05, 3.63) is 35.6 Å². The van der Waals surface area contributed by atoms with Gasteiger partial charge in [-0.1, -0.05) is 25.2 Å². The molecule has 0 atom stereocenters. The Hall–Kier alpha value is -2.35. The summed E-state index contributed by atoms with van der Waals surface area (Å²) >= 11 is 0. The Balaban J connectivity index is 2.06. The fourth-order valence-corrected chi connectivity index (χ4v) is 2.46. The van der Waals surface area contributed by atoms with Gasteiger partial charge >= 0.3 is 5.97 Å². The van der Waals surface area contributed by atoms with Crippen LogP contribution in [0, 0.1) is 17.7 Å². The van der Waals surface area contributed by atoms with Gasteiger partial charge in [0.1, 0.15) is 11.4 Å². The van der Waals surface area contributed by atoms with Crippen LogP contribution in [0.15, 0.2) is 24.3 Å². The highest BCUT2D eigenvalue weighted by Crippen LogP contribution is 2.28. The lowest BCUT2D eigenvalue weighted by Gasteiger charge is -2.33. The maximum absolute atomic E-state index is 12.7. The minimum Gasteiger partial charge on any atom is -0.480 e. The molecule has 110 valence electrons. The van der Waals surface area contributed by atoms with Gasteiger partial charge < -0.3 is 10.4 Å². The van der Waals surface area contributed by atoms with Crippen molar-refractivity contribution in [1.82, 2.24) is 5.32 Å². The van der Waals surface area contributed by atoms with Crippen molar-refractivity contribution in [2.45, 2.75) is 37.6 Å². The minimum absolute atomic E-state index is 0.378. The number of carboxylic acids is 1. The Labute approximate surface area is 122 Å². The zero-order valence-corrected chi connectivity index (χ0v) is 11.5. The van der Waals surface area contributed by atoms with Crippen LogP contribution < -0.4 is 5.32 Å². The van der Waals surface area contributed by atoms with Gasteiger partial charge in [-0.3, -0.25) is 4.79 Å². The number of hydrogen-bond donors (Lipinski definition) is 2. The van der Waals surface area contributed by atoms with E-state index in [4.69, 9.17) is 0 Å². The monoisotopic (exact) mass is 289 g/mol. The molecule has 1 aromatic rings. The van der Waals surface area contributed by atoms with E-state index in [0.717, 1.165) is 19.3 Å². The van der Waals surface area contributed by atoms with Crippen molar-refractivity contribution in [1.29, 1.82) is 0 Å². The van der Waals surface area contributed by atoms with Crippen molar-refractivity contribution in [3.8, 4) is 11.8 Å². The lowest BCUT2D eigenvalue weighted by atomic mass is 9.81. The maximum atomic E-state index is 12.7. The van der Waals surface area contributed by atoms with Crippen LogP contribution in [-0.4, -0.2) is 22.5 Å². The first kappa shape index (κ1) is 15.0. The van der Waals surface area contributed by atoms with Crippen LogP contribution >= 0.6 is 0 Å². The Morgan fingerprint density at radius 1 is 1.14 bits per heavy atom. The average Bonchev–Trinajstić information content (AvgIpc) is 2.47. The van der Waals surface area contributed by atoms with Crippen LogP contribution in [0.2, 0.25) is 0 Å². The molecule has 1 aliphatic rings. The molecule has 0 aromatic heterocycles. The standard InChI is InChI=1S/C16H16FNO3/c17-13-7-4-12(5-8-13)6-9-14(19)18-16(15(20)21)10-2-1-3-11-16/h4-5,7-8H,1-3,10-11H2,(H,18,19)(H,20,21). The van der Waals surface area contributed by atoms with E-state index in [9.17, 15) is 19.1 Å². The van der Waals surface area contributed by atoms with Gasteiger partial charge in [0.2, 0.25) is 0 Å². The van der Waals surface area contributed by atoms with E-state index in [-0.39, 0.29) is 5.82 Å². The molecule has 0 spiro atoms. The third-order valence-electron chi connectivity index (χ3n) is 3.63. The summed E-state index contributed by atoms with van der Waals surface area (Å²) in [6.07, 6.45) is 3.38. The van der Waals surface area contributed by atoms with Crippen LogP contribution in [0.5, 0.6) is 0 Å². The molecule has 0 radical (unpaired) electrons. The summed E-state index contributed by atoms with van der Waals surface area (Å²) in [5.74, 6) is 2.94. The maximum Gasteiger partial charge on any atom is 0.329 e. The highest BCUT2D eigenvalue weighted by Gasteiger charge is 2.40. The number of carbonyl (C=O) groups excluding carboxylic acids is 1. The molecule has 1 aromatic carbocycles. The summed E-state index contributed by atoms with van der Waals surface area (Å²) in [6, 6.07) is 5.43. The van der Waals surface area contributed by atoms with Crippen LogP contribution in [0.1, 0.15) is 37.7 Å². The molecule has 1 aliphatic carbocycles. The highest BCUT2D eigenvalue weighted by atomic mass is 19.1. The van der Waals surface area contributed by atoms with Crippen molar-refractivity contribution < 1.29 is 19.1 Å². The molecule has 21 heavy (non-hydrogen) atoms. The largest absolute Gasteiger partial charge is 0.480 e. The molecule has 1 fully saturated rings. The molecule has 0 bridgehead atoms. The number of carbonyl (C=O) groups is 2. The predicted octanol–water partition coefficient (Wildman–Crippen LogP) is 2.08. The normalized spacial score (nSPS) is 16.4. The smallest absolute Gasteiger partial charge is 0.329 e. The minimum atomic E-state index is -1.20. The summed E-state index contributed by atoms with van der Waals surface area (Å²) in [7, 11) is 0. The fraction of sp³-hybridized carbons (Fsp3) is 0.375. The first-order valence-corrected chi connectivity index (χ1v) is 6.85. The molecular formula is C16H16FNO3. The molecule has 0 unspecified atom stereocenters. The zero-order chi connectivity index (χ0) is 15.3. The van der Waals surface area contributed by atoms with Gasteiger partial charge in [-0.2, -0.15) is 0 Å². The summed E-state index contributed by atoms with van der Waals surface area (Å²) in [4.78, 5) is 23.3. The van der Waals surface area contributed by atoms with E-state index < -0.39 is 17.4 Å². The van der Waals surface area contributed by atoms with Crippen LogP contribution in [0.25, 0.3) is 0 Å². The van der Waals surface area contributed by atoms with E-state index in [1.54, 1.807) is 0 Å². The van der Waals surface area contributed by atoms with E-state index in [0.29, 0.717) is 18.4 Å². The van der Waals surface area contributed by atoms with Crippen LogP contribution in [0.4, 0.5) is 4.39 Å². The summed E-state index contributed by atoms with van der Waals surface area (Å²) < 4.78 is 12.7. The van der Waals surface area contributed by atoms with Crippen molar-refractivity contribution in [2.75, 3.05) is 0 Å². The molecular weight excluding hydrogens is 273 g/mol. The zero-order valence-electron chi connectivity index (χ0n) is 11.5. The number of hydrogen-bond acceptors (Lipinski definition) is 2. The molecule has 1 saturated carbocycles. The molecule has 4 nitrogen and oxygen atoms in total. The molecule has 1 amide bonds. The van der Waals surface area contributed by atoms with Crippen molar-refractivity contribution in [3.63, 3.8) is 0 Å². The topological polar surface area (TPSA) is 66.4 Å². The molecule has 0 heterocycles. The number of rotatable bonds is 2. The first-order valence-electron chi connectivity index (χ1n) is 6.85. The van der Waals surface area contributed by atoms with Gasteiger partial charge in [-0.25, -0.2) is 9.18 Å². The van der Waals surface area contributed by atoms with E-state index in [1.165, 1.54) is 24.3 Å². The number of carboxylic acid groups (broad SMARTS) is 1. The molecule has 0 aliphatic heterocycles. The third kappa shape index (κ3) is 3.82. The average molecular weight is 289 g/mol. The quantitative estimate of drug-likeness (QED) is 0.819. The van der Waals surface area contributed by atoms with Crippen LogP contribution in [-0.2, 0) is 9.59 Å². The second kappa shape index (κ2) is 6.40. The molecule has 0 saturated heterocycles. The number of halogens is 1. The highest BCUT2D eigenvalue weighted by molar-refractivity contribution is 5.97. The Morgan fingerprint density at radius 2 is 1.76 bits per heavy atom. The van der Waals surface area contributed by atoms with Gasteiger partial charge in [-0.05, 0) is 37.1 Å². The van der Waals surface area contributed by atoms with Crippen molar-refractivity contribution in [2.24, 2.45) is 0 Å². The SMILES string of the molecule is O=C(C#Cc1ccc(F)cc1)NC1(C(=O)O)CCCCC1.